The second kappa shape index (κ2) is 10.3. The van der Waals surface area contributed by atoms with Crippen molar-refractivity contribution in [2.45, 2.75) is 25.7 Å². The highest BCUT2D eigenvalue weighted by Crippen LogP contribution is 2.13. The van der Waals surface area contributed by atoms with E-state index in [0.717, 1.165) is 22.2 Å². The highest BCUT2D eigenvalue weighted by Gasteiger charge is 2.25. The molecule has 0 fully saturated rings. The third kappa shape index (κ3) is 5.72. The predicted molar refractivity (Wildman–Crippen MR) is 120 cm³/mol. The Hall–Kier alpha value is -4.13. The molecule has 0 aliphatic heterocycles. The summed E-state index contributed by atoms with van der Waals surface area (Å²) in [4.78, 5) is 32.9. The van der Waals surface area contributed by atoms with Gasteiger partial charge in [-0.2, -0.15) is 0 Å². The maximum atomic E-state index is 12.8. The summed E-state index contributed by atoms with van der Waals surface area (Å²) in [6.07, 6.45) is -0.561. The highest BCUT2D eigenvalue weighted by atomic mass is 16.6. The summed E-state index contributed by atoms with van der Waals surface area (Å²) in [5.74, 6) is 0.00203. The summed E-state index contributed by atoms with van der Waals surface area (Å²) in [7, 11) is 0. The van der Waals surface area contributed by atoms with Crippen molar-refractivity contribution < 1.29 is 19.1 Å². The number of nitrogens with one attached hydrogen (secondary N) is 2. The number of hydrogen-bond donors (Lipinski definition) is 2. The normalized spacial score (nSPS) is 11.6. The topological polar surface area (TPSA) is 93.3 Å². The second-order valence-corrected chi connectivity index (χ2v) is 7.26. The molecule has 0 radical (unpaired) electrons. The van der Waals surface area contributed by atoms with Gasteiger partial charge in [0.15, 0.2) is 0 Å². The number of amides is 1. The van der Waals surface area contributed by atoms with Crippen LogP contribution in [-0.2, 0) is 33.9 Å². The van der Waals surface area contributed by atoms with Crippen molar-refractivity contribution in [1.82, 2.24) is 15.3 Å². The van der Waals surface area contributed by atoms with Gasteiger partial charge in [0.1, 0.15) is 25.1 Å². The largest absolute Gasteiger partial charge is 0.459 e. The molecule has 0 saturated heterocycles. The number of benzene rings is 3. The number of imidazole rings is 1. The number of alkyl carbamates (subject to hydrolysis) is 1. The van der Waals surface area contributed by atoms with E-state index in [1.165, 1.54) is 0 Å². The molecule has 7 nitrogen and oxygen atoms in total. The van der Waals surface area contributed by atoms with Crippen LogP contribution in [0, 0.1) is 0 Å². The summed E-state index contributed by atoms with van der Waals surface area (Å²) < 4.78 is 10.7. The van der Waals surface area contributed by atoms with Gasteiger partial charge in [-0.05, 0) is 23.3 Å². The Bertz CT molecular complexity index is 1140. The van der Waals surface area contributed by atoms with Gasteiger partial charge in [-0.15, -0.1) is 0 Å². The number of carbonyl (C=O) groups excluding carboxylic acids is 2. The SMILES string of the molecule is O=C(N[C@@H](Cc1nc2ccccc2[nH]1)C(=O)OCc1ccccc1)OCc1ccccc1. The lowest BCUT2D eigenvalue weighted by Crippen LogP contribution is -2.43. The van der Waals surface area contributed by atoms with Gasteiger partial charge in [-0.25, -0.2) is 14.6 Å². The minimum Gasteiger partial charge on any atom is -0.459 e. The van der Waals surface area contributed by atoms with Gasteiger partial charge in [0.2, 0.25) is 0 Å². The number of aromatic nitrogens is 2. The molecular formula is C25H23N3O4. The molecule has 4 rings (SSSR count). The first-order chi connectivity index (χ1) is 15.7. The molecule has 162 valence electrons. The highest BCUT2D eigenvalue weighted by molar-refractivity contribution is 5.82. The standard InChI is InChI=1S/C25H23N3O4/c29-24(31-16-18-9-3-1-4-10-18)22(15-23-26-20-13-7-8-14-21(20)27-23)28-25(30)32-17-19-11-5-2-6-12-19/h1-14,22H,15-17H2,(H,26,27)(H,28,30)/t22-/m0/s1. The number of H-pyrrole nitrogens is 1. The van der Waals surface area contributed by atoms with Gasteiger partial charge in [-0.1, -0.05) is 72.8 Å². The molecule has 0 saturated carbocycles. The van der Waals surface area contributed by atoms with E-state index in [9.17, 15) is 9.59 Å². The Labute approximate surface area is 185 Å². The molecule has 32 heavy (non-hydrogen) atoms. The number of para-hydroxylation sites is 2. The summed E-state index contributed by atoms with van der Waals surface area (Å²) in [5, 5.41) is 2.62. The van der Waals surface area contributed by atoms with Crippen LogP contribution in [-0.4, -0.2) is 28.1 Å². The molecule has 0 aliphatic rings. The van der Waals surface area contributed by atoms with E-state index in [4.69, 9.17) is 9.47 Å². The Morgan fingerprint density at radius 3 is 2.06 bits per heavy atom. The third-order valence-electron chi connectivity index (χ3n) is 4.85. The second-order valence-electron chi connectivity index (χ2n) is 7.26. The van der Waals surface area contributed by atoms with Crippen molar-refractivity contribution in [3.05, 3.63) is 102 Å². The van der Waals surface area contributed by atoms with Gasteiger partial charge in [0.25, 0.3) is 0 Å². The molecule has 0 spiro atoms. The van der Waals surface area contributed by atoms with E-state index < -0.39 is 18.1 Å². The number of aromatic amines is 1. The van der Waals surface area contributed by atoms with Crippen molar-refractivity contribution in [2.24, 2.45) is 0 Å². The zero-order valence-electron chi connectivity index (χ0n) is 17.4. The van der Waals surface area contributed by atoms with Crippen LogP contribution in [0.1, 0.15) is 17.0 Å². The lowest BCUT2D eigenvalue weighted by molar-refractivity contribution is -0.147. The minimum atomic E-state index is -0.956. The smallest absolute Gasteiger partial charge is 0.408 e. The number of esters is 1. The molecule has 0 aliphatic carbocycles. The number of nitrogens with zero attached hydrogens (tertiary/aromatic N) is 1. The lowest BCUT2D eigenvalue weighted by Gasteiger charge is -2.17. The van der Waals surface area contributed by atoms with Crippen LogP contribution in [0.5, 0.6) is 0 Å². The first-order valence-corrected chi connectivity index (χ1v) is 10.3. The maximum absolute atomic E-state index is 12.8. The maximum Gasteiger partial charge on any atom is 0.408 e. The first kappa shape index (κ1) is 21.1. The van der Waals surface area contributed by atoms with Gasteiger partial charge < -0.3 is 19.8 Å². The molecular weight excluding hydrogens is 406 g/mol. The molecule has 0 unspecified atom stereocenters. The van der Waals surface area contributed by atoms with Crippen LogP contribution in [0.3, 0.4) is 0 Å². The fraction of sp³-hybridized carbons (Fsp3) is 0.160. The van der Waals surface area contributed by atoms with Crippen LogP contribution in [0.4, 0.5) is 4.79 Å². The molecule has 1 amide bonds. The lowest BCUT2D eigenvalue weighted by atomic mass is 10.2. The van der Waals surface area contributed by atoms with Gasteiger partial charge in [0.05, 0.1) is 11.0 Å². The Morgan fingerprint density at radius 1 is 0.812 bits per heavy atom. The molecule has 4 aromatic rings. The van der Waals surface area contributed by atoms with Crippen molar-refractivity contribution in [2.75, 3.05) is 0 Å². The monoisotopic (exact) mass is 429 g/mol. The zero-order chi connectivity index (χ0) is 22.2. The van der Waals surface area contributed by atoms with E-state index in [1.807, 2.05) is 84.9 Å². The molecule has 7 heteroatoms. The number of carbonyl (C=O) groups is 2. The number of rotatable bonds is 8. The quantitative estimate of drug-likeness (QED) is 0.411. The van der Waals surface area contributed by atoms with Crippen molar-refractivity contribution >= 4 is 23.1 Å². The van der Waals surface area contributed by atoms with Crippen LogP contribution < -0.4 is 5.32 Å². The van der Waals surface area contributed by atoms with E-state index in [2.05, 4.69) is 15.3 Å². The van der Waals surface area contributed by atoms with Crippen molar-refractivity contribution in [1.29, 1.82) is 0 Å². The Kier molecular flexibility index (Phi) is 6.77. The van der Waals surface area contributed by atoms with Crippen molar-refractivity contribution in [3.63, 3.8) is 0 Å². The van der Waals surface area contributed by atoms with Crippen molar-refractivity contribution in [3.8, 4) is 0 Å². The van der Waals surface area contributed by atoms with E-state index in [-0.39, 0.29) is 19.6 Å². The molecule has 2 N–H and O–H groups in total. The molecule has 1 aromatic heterocycles. The summed E-state index contributed by atoms with van der Waals surface area (Å²) in [6, 6.07) is 25.3. The third-order valence-corrected chi connectivity index (χ3v) is 4.85. The molecule has 1 heterocycles. The summed E-state index contributed by atoms with van der Waals surface area (Å²) >= 11 is 0. The van der Waals surface area contributed by atoms with E-state index in [1.54, 1.807) is 0 Å². The fourth-order valence-electron chi connectivity index (χ4n) is 3.23. The average molecular weight is 429 g/mol. The van der Waals surface area contributed by atoms with E-state index in [0.29, 0.717) is 5.82 Å². The zero-order valence-corrected chi connectivity index (χ0v) is 17.4. The predicted octanol–water partition coefficient (Wildman–Crippen LogP) is 4.14. The van der Waals surface area contributed by atoms with Crippen LogP contribution >= 0.6 is 0 Å². The van der Waals surface area contributed by atoms with E-state index >= 15 is 0 Å². The summed E-state index contributed by atoms with van der Waals surface area (Å²) in [5.41, 5.74) is 3.34. The van der Waals surface area contributed by atoms with Gasteiger partial charge >= 0.3 is 12.1 Å². The van der Waals surface area contributed by atoms with Crippen LogP contribution in [0.25, 0.3) is 11.0 Å². The Morgan fingerprint density at radius 2 is 1.41 bits per heavy atom. The molecule has 1 atom stereocenters. The number of fused-ring (bicyclic) bond motifs is 1. The number of hydrogen-bond acceptors (Lipinski definition) is 5. The molecule has 3 aromatic carbocycles. The Balaban J connectivity index is 1.43. The fourth-order valence-corrected chi connectivity index (χ4v) is 3.23. The number of ether oxygens (including phenoxy) is 2. The molecule has 0 bridgehead atoms. The summed E-state index contributed by atoms with van der Waals surface area (Å²) in [6.45, 7) is 0.208. The minimum absolute atomic E-state index is 0.100. The van der Waals surface area contributed by atoms with Crippen LogP contribution in [0.15, 0.2) is 84.9 Å². The first-order valence-electron chi connectivity index (χ1n) is 10.3. The van der Waals surface area contributed by atoms with Gasteiger partial charge in [-0.3, -0.25) is 0 Å². The average Bonchev–Trinajstić information content (AvgIpc) is 3.24. The van der Waals surface area contributed by atoms with Gasteiger partial charge in [0, 0.05) is 6.42 Å². The van der Waals surface area contributed by atoms with Crippen LogP contribution in [0.2, 0.25) is 0 Å².